The number of unbranched alkanes of at least 4 members (excludes halogenated alkanes) is 8. The van der Waals surface area contributed by atoms with Gasteiger partial charge < -0.3 is 9.47 Å². The van der Waals surface area contributed by atoms with Crippen LogP contribution < -0.4 is 0 Å². The standard InChI is InChI=1S/C21H40O4/c1-6-7-8-9-10-11-12-13-14-15-24-19(22)16-20(23)25-21(17(2)3)18(4)5/h17-18,21H,6-16H2,1-5H3. The molecule has 0 saturated heterocycles. The highest BCUT2D eigenvalue weighted by atomic mass is 16.6. The lowest BCUT2D eigenvalue weighted by Crippen LogP contribution is -2.29. The summed E-state index contributed by atoms with van der Waals surface area (Å²) >= 11 is 0. The Balaban J connectivity index is 3.65. The van der Waals surface area contributed by atoms with Crippen molar-refractivity contribution in [3.8, 4) is 0 Å². The second kappa shape index (κ2) is 15.2. The van der Waals surface area contributed by atoms with E-state index < -0.39 is 11.9 Å². The van der Waals surface area contributed by atoms with E-state index >= 15 is 0 Å². The highest BCUT2D eigenvalue weighted by Gasteiger charge is 2.23. The highest BCUT2D eigenvalue weighted by Crippen LogP contribution is 2.17. The molecule has 4 nitrogen and oxygen atoms in total. The first-order valence-electron chi connectivity index (χ1n) is 10.2. The normalized spacial score (nSPS) is 11.4. The molecule has 148 valence electrons. The molecule has 0 spiro atoms. The lowest BCUT2D eigenvalue weighted by Gasteiger charge is -2.24. The van der Waals surface area contributed by atoms with Gasteiger partial charge in [-0.15, -0.1) is 0 Å². The molecule has 0 saturated carbocycles. The Morgan fingerprint density at radius 1 is 0.720 bits per heavy atom. The van der Waals surface area contributed by atoms with E-state index in [1.807, 2.05) is 27.7 Å². The summed E-state index contributed by atoms with van der Waals surface area (Å²) in [6.07, 6.45) is 10.6. The van der Waals surface area contributed by atoms with Crippen molar-refractivity contribution in [2.45, 2.75) is 105 Å². The molecule has 4 heteroatoms. The molecular formula is C21H40O4. The van der Waals surface area contributed by atoms with Crippen molar-refractivity contribution >= 4 is 11.9 Å². The summed E-state index contributed by atoms with van der Waals surface area (Å²) in [6.45, 7) is 10.7. The Bertz CT molecular complexity index is 342. The predicted molar refractivity (Wildman–Crippen MR) is 102 cm³/mol. The Kier molecular flexibility index (Phi) is 14.6. The van der Waals surface area contributed by atoms with E-state index in [0.717, 1.165) is 12.8 Å². The first-order valence-corrected chi connectivity index (χ1v) is 10.2. The van der Waals surface area contributed by atoms with Crippen LogP contribution in [0.2, 0.25) is 0 Å². The number of hydrogen-bond acceptors (Lipinski definition) is 4. The average Bonchev–Trinajstić information content (AvgIpc) is 2.53. The van der Waals surface area contributed by atoms with Crippen LogP contribution in [0.1, 0.15) is 98.8 Å². The zero-order chi connectivity index (χ0) is 19.1. The third-order valence-corrected chi connectivity index (χ3v) is 4.38. The maximum absolute atomic E-state index is 11.8. The van der Waals surface area contributed by atoms with E-state index in [0.29, 0.717) is 6.61 Å². The number of rotatable bonds is 15. The van der Waals surface area contributed by atoms with Crippen LogP contribution in [0.4, 0.5) is 0 Å². The second-order valence-corrected chi connectivity index (χ2v) is 7.67. The summed E-state index contributed by atoms with van der Waals surface area (Å²) < 4.78 is 10.5. The van der Waals surface area contributed by atoms with Gasteiger partial charge in [0.2, 0.25) is 0 Å². The molecule has 0 radical (unpaired) electrons. The van der Waals surface area contributed by atoms with Gasteiger partial charge in [-0.05, 0) is 18.3 Å². The third-order valence-electron chi connectivity index (χ3n) is 4.38. The van der Waals surface area contributed by atoms with Gasteiger partial charge in [0.1, 0.15) is 12.5 Å². The van der Waals surface area contributed by atoms with Crippen molar-refractivity contribution in [1.82, 2.24) is 0 Å². The Morgan fingerprint density at radius 2 is 1.20 bits per heavy atom. The molecule has 0 aliphatic carbocycles. The first kappa shape index (κ1) is 23.9. The van der Waals surface area contributed by atoms with Crippen LogP contribution in [0.15, 0.2) is 0 Å². The average molecular weight is 357 g/mol. The maximum atomic E-state index is 11.8. The summed E-state index contributed by atoms with van der Waals surface area (Å²) in [5, 5.41) is 0. The Morgan fingerprint density at radius 3 is 1.68 bits per heavy atom. The topological polar surface area (TPSA) is 52.6 Å². The number of carbonyl (C=O) groups excluding carboxylic acids is 2. The molecule has 0 amide bonds. The zero-order valence-corrected chi connectivity index (χ0v) is 17.1. The van der Waals surface area contributed by atoms with Gasteiger partial charge in [-0.2, -0.15) is 0 Å². The number of carbonyl (C=O) groups is 2. The maximum Gasteiger partial charge on any atom is 0.317 e. The van der Waals surface area contributed by atoms with Gasteiger partial charge in [0.05, 0.1) is 6.61 Å². The summed E-state index contributed by atoms with van der Waals surface area (Å²) in [5.74, 6) is -0.482. The summed E-state index contributed by atoms with van der Waals surface area (Å²) in [4.78, 5) is 23.5. The van der Waals surface area contributed by atoms with Crippen LogP contribution in [-0.2, 0) is 19.1 Å². The van der Waals surface area contributed by atoms with Gasteiger partial charge in [-0.1, -0.05) is 86.0 Å². The van der Waals surface area contributed by atoms with Crippen LogP contribution in [-0.4, -0.2) is 24.6 Å². The smallest absolute Gasteiger partial charge is 0.317 e. The van der Waals surface area contributed by atoms with Crippen molar-refractivity contribution < 1.29 is 19.1 Å². The molecule has 0 rings (SSSR count). The van der Waals surface area contributed by atoms with Crippen molar-refractivity contribution in [1.29, 1.82) is 0 Å². The quantitative estimate of drug-likeness (QED) is 0.215. The van der Waals surface area contributed by atoms with Crippen LogP contribution in [0, 0.1) is 11.8 Å². The lowest BCUT2D eigenvalue weighted by atomic mass is 9.96. The van der Waals surface area contributed by atoms with E-state index in [-0.39, 0.29) is 24.4 Å². The van der Waals surface area contributed by atoms with E-state index in [2.05, 4.69) is 6.92 Å². The van der Waals surface area contributed by atoms with Crippen LogP contribution in [0.25, 0.3) is 0 Å². The number of ether oxygens (including phenoxy) is 2. The molecule has 25 heavy (non-hydrogen) atoms. The molecular weight excluding hydrogens is 316 g/mol. The minimum absolute atomic E-state index is 0.155. The van der Waals surface area contributed by atoms with Crippen molar-refractivity contribution in [3.05, 3.63) is 0 Å². The molecule has 0 aromatic carbocycles. The van der Waals surface area contributed by atoms with E-state index in [1.165, 1.54) is 44.9 Å². The molecule has 0 atom stereocenters. The van der Waals surface area contributed by atoms with Crippen LogP contribution >= 0.6 is 0 Å². The fourth-order valence-corrected chi connectivity index (χ4v) is 3.00. The van der Waals surface area contributed by atoms with Crippen LogP contribution in [0.5, 0.6) is 0 Å². The van der Waals surface area contributed by atoms with Gasteiger partial charge in [-0.25, -0.2) is 0 Å². The second-order valence-electron chi connectivity index (χ2n) is 7.67. The van der Waals surface area contributed by atoms with E-state index in [4.69, 9.17) is 9.47 Å². The molecule has 0 bridgehead atoms. The first-order chi connectivity index (χ1) is 11.9. The summed E-state index contributed by atoms with van der Waals surface area (Å²) in [5.41, 5.74) is 0. The van der Waals surface area contributed by atoms with Gasteiger partial charge in [-0.3, -0.25) is 9.59 Å². The van der Waals surface area contributed by atoms with E-state index in [9.17, 15) is 9.59 Å². The SMILES string of the molecule is CCCCCCCCCCCOC(=O)CC(=O)OC(C(C)C)C(C)C. The number of hydrogen-bond donors (Lipinski definition) is 0. The van der Waals surface area contributed by atoms with Crippen molar-refractivity contribution in [2.24, 2.45) is 11.8 Å². The Hall–Kier alpha value is -1.06. The van der Waals surface area contributed by atoms with Gasteiger partial charge in [0.15, 0.2) is 0 Å². The molecule has 0 aromatic rings. The molecule has 0 N–H and O–H groups in total. The van der Waals surface area contributed by atoms with Crippen molar-refractivity contribution in [2.75, 3.05) is 6.61 Å². The molecule has 0 aliphatic rings. The van der Waals surface area contributed by atoms with Gasteiger partial charge in [0, 0.05) is 0 Å². The molecule has 0 fully saturated rings. The van der Waals surface area contributed by atoms with Gasteiger partial charge in [0.25, 0.3) is 0 Å². The summed E-state index contributed by atoms with van der Waals surface area (Å²) in [7, 11) is 0. The Labute approximate surface area is 155 Å². The number of esters is 2. The molecule has 0 aromatic heterocycles. The minimum atomic E-state index is -0.482. The fourth-order valence-electron chi connectivity index (χ4n) is 3.00. The highest BCUT2D eigenvalue weighted by molar-refractivity contribution is 5.91. The van der Waals surface area contributed by atoms with E-state index in [1.54, 1.807) is 0 Å². The summed E-state index contributed by atoms with van der Waals surface area (Å²) in [6, 6.07) is 0. The lowest BCUT2D eigenvalue weighted by molar-refractivity contribution is -0.161. The zero-order valence-electron chi connectivity index (χ0n) is 17.1. The van der Waals surface area contributed by atoms with Gasteiger partial charge >= 0.3 is 11.9 Å². The molecule has 0 unspecified atom stereocenters. The third kappa shape index (κ3) is 13.9. The minimum Gasteiger partial charge on any atom is -0.465 e. The fraction of sp³-hybridized carbons (Fsp3) is 0.905. The molecule has 0 heterocycles. The van der Waals surface area contributed by atoms with Crippen LogP contribution in [0.3, 0.4) is 0 Å². The van der Waals surface area contributed by atoms with Crippen molar-refractivity contribution in [3.63, 3.8) is 0 Å². The molecule has 0 aliphatic heterocycles. The largest absolute Gasteiger partial charge is 0.465 e. The monoisotopic (exact) mass is 356 g/mol. The predicted octanol–water partition coefficient (Wildman–Crippen LogP) is 5.67.